The van der Waals surface area contributed by atoms with E-state index in [1.54, 1.807) is 0 Å². The smallest absolute Gasteiger partial charge is 0.312 e. The third kappa shape index (κ3) is 19.4. The van der Waals surface area contributed by atoms with E-state index in [9.17, 15) is 28.8 Å². The minimum absolute atomic E-state index is 0. The van der Waals surface area contributed by atoms with Crippen LogP contribution in [0.4, 0.5) is 0 Å². The predicted octanol–water partition coefficient (Wildman–Crippen LogP) is 4.86. The fraction of sp³-hybridized carbons (Fsp3) is 0.760. The van der Waals surface area contributed by atoms with Crippen molar-refractivity contribution in [3.8, 4) is 0 Å². The molecule has 0 aliphatic carbocycles. The van der Waals surface area contributed by atoms with Crippen molar-refractivity contribution in [1.29, 1.82) is 0 Å². The van der Waals surface area contributed by atoms with Crippen molar-refractivity contribution in [3.05, 3.63) is 0 Å². The van der Waals surface area contributed by atoms with E-state index in [0.717, 1.165) is 7.11 Å². The molecule has 0 rings (SSSR count). The van der Waals surface area contributed by atoms with Gasteiger partial charge in [0.2, 0.25) is 0 Å². The molecule has 0 spiro atoms. The number of carbonyl (C=O) groups is 6. The Hall–Kier alpha value is -2.28. The molecule has 0 radical (unpaired) electrons. The topological polar surface area (TPSA) is 191 Å². The lowest BCUT2D eigenvalue weighted by molar-refractivity contribution is -0.168. The standard InChI is InChI=1S/C10H16O6.C9H14O6.CH3Cl.5CH4.ClH/c1-6(11)10(2,16-4)7(5-8(12)13)9(14)15-3;1-5(10)9(2,15-3)6(8(13)14)4-7(11)12;1-2;;;;;;/h7H,5H2,1-4H3,(H,12,13);6H,4H2,1-3H3,(H,11,12)(H,13,14);1H3;5*1H4;1H. The number of Topliss-reactive ketones (excluding diaryl/α,β-unsaturated/α-hetero) is 2. The van der Waals surface area contributed by atoms with Crippen molar-refractivity contribution in [3.63, 3.8) is 0 Å². The van der Waals surface area contributed by atoms with E-state index < -0.39 is 71.3 Å². The van der Waals surface area contributed by atoms with Gasteiger partial charge in [-0.3, -0.25) is 28.8 Å². The number of esters is 1. The second-order valence-electron chi connectivity index (χ2n) is 6.90. The fourth-order valence-electron chi connectivity index (χ4n) is 2.57. The van der Waals surface area contributed by atoms with E-state index in [2.05, 4.69) is 16.3 Å². The Balaban J connectivity index is -0.0000000541. The molecular formula is C25H54Cl2O12. The van der Waals surface area contributed by atoms with Gasteiger partial charge in [-0.05, 0) is 27.7 Å². The second kappa shape index (κ2) is 28.7. The number of methoxy groups -OCH3 is 3. The van der Waals surface area contributed by atoms with Crippen molar-refractivity contribution in [2.75, 3.05) is 27.7 Å². The summed E-state index contributed by atoms with van der Waals surface area (Å²) < 4.78 is 14.3. The van der Waals surface area contributed by atoms with Crippen LogP contribution in [0.3, 0.4) is 0 Å². The number of carboxylic acids is 3. The van der Waals surface area contributed by atoms with Crippen LogP contribution in [0.2, 0.25) is 0 Å². The van der Waals surface area contributed by atoms with Crippen LogP contribution in [0.1, 0.15) is 77.7 Å². The first-order valence-corrected chi connectivity index (χ1v) is 10.0. The highest BCUT2D eigenvalue weighted by atomic mass is 35.5. The van der Waals surface area contributed by atoms with Gasteiger partial charge in [0.25, 0.3) is 0 Å². The normalized spacial score (nSPS) is 13.1. The zero-order valence-corrected chi connectivity index (χ0v) is 21.9. The van der Waals surface area contributed by atoms with Crippen molar-refractivity contribution in [1.82, 2.24) is 0 Å². The number of hydrogen-bond donors (Lipinski definition) is 3. The molecule has 0 fully saturated rings. The summed E-state index contributed by atoms with van der Waals surface area (Å²) in [5, 5.41) is 26.1. The first-order chi connectivity index (χ1) is 15.0. The molecule has 14 heteroatoms. The quantitative estimate of drug-likeness (QED) is 0.199. The number of halogens is 2. The van der Waals surface area contributed by atoms with Crippen molar-refractivity contribution >= 4 is 59.5 Å². The lowest BCUT2D eigenvalue weighted by Gasteiger charge is -2.31. The van der Waals surface area contributed by atoms with E-state index >= 15 is 0 Å². The van der Waals surface area contributed by atoms with E-state index in [4.69, 9.17) is 24.8 Å². The molecule has 4 unspecified atom stereocenters. The molecule has 0 aromatic heterocycles. The molecule has 0 saturated heterocycles. The number of ketones is 2. The summed E-state index contributed by atoms with van der Waals surface area (Å²) in [4.78, 5) is 66.1. The van der Waals surface area contributed by atoms with Crippen LogP contribution in [0.25, 0.3) is 0 Å². The van der Waals surface area contributed by atoms with Crippen LogP contribution in [0.15, 0.2) is 0 Å². The molecule has 240 valence electrons. The number of aliphatic carboxylic acids is 3. The van der Waals surface area contributed by atoms with E-state index in [1.807, 2.05) is 0 Å². The van der Waals surface area contributed by atoms with Crippen LogP contribution in [-0.2, 0) is 43.0 Å². The Morgan fingerprint density at radius 3 is 1.10 bits per heavy atom. The number of carbonyl (C=O) groups excluding carboxylic acids is 3. The molecule has 39 heavy (non-hydrogen) atoms. The molecule has 0 aromatic carbocycles. The Kier molecular flexibility index (Phi) is 44.9. The average molecular weight is 618 g/mol. The molecular weight excluding hydrogens is 563 g/mol. The molecule has 0 bridgehead atoms. The van der Waals surface area contributed by atoms with Gasteiger partial charge < -0.3 is 29.5 Å². The van der Waals surface area contributed by atoms with Crippen LogP contribution < -0.4 is 0 Å². The van der Waals surface area contributed by atoms with Crippen LogP contribution in [-0.4, -0.2) is 89.7 Å². The molecule has 0 saturated carbocycles. The minimum atomic E-state index is -1.61. The first-order valence-electron chi connectivity index (χ1n) is 9.29. The third-order valence-electron chi connectivity index (χ3n) is 5.12. The molecule has 0 aliphatic rings. The summed E-state index contributed by atoms with van der Waals surface area (Å²) in [7, 11) is 3.56. The van der Waals surface area contributed by atoms with Crippen molar-refractivity contribution < 1.29 is 58.3 Å². The maximum absolute atomic E-state index is 11.4. The van der Waals surface area contributed by atoms with E-state index in [-0.39, 0.29) is 49.5 Å². The number of rotatable bonds is 12. The summed E-state index contributed by atoms with van der Waals surface area (Å²) in [6.07, 6.45) is 0.301. The molecule has 4 atom stereocenters. The number of ether oxygens (including phenoxy) is 3. The summed E-state index contributed by atoms with van der Waals surface area (Å²) >= 11 is 4.64. The van der Waals surface area contributed by atoms with Crippen LogP contribution >= 0.6 is 24.0 Å². The zero-order chi connectivity index (χ0) is 27.2. The zero-order valence-electron chi connectivity index (χ0n) is 20.4. The monoisotopic (exact) mass is 616 g/mol. The first kappa shape index (κ1) is 61.0. The highest BCUT2D eigenvalue weighted by molar-refractivity contribution is 6.15. The van der Waals surface area contributed by atoms with Gasteiger partial charge in [0.1, 0.15) is 23.0 Å². The number of carboxylic acid groups (broad SMARTS) is 3. The minimum Gasteiger partial charge on any atom is -0.481 e. The number of alkyl halides is 1. The van der Waals surface area contributed by atoms with Gasteiger partial charge in [-0.15, -0.1) is 24.0 Å². The third-order valence-corrected chi connectivity index (χ3v) is 5.12. The Bertz CT molecular complexity index is 715. The lowest BCUT2D eigenvalue weighted by atomic mass is 9.83. The fourth-order valence-corrected chi connectivity index (χ4v) is 2.57. The maximum atomic E-state index is 11.4. The highest BCUT2D eigenvalue weighted by Gasteiger charge is 2.46. The van der Waals surface area contributed by atoms with Gasteiger partial charge in [0.15, 0.2) is 11.6 Å². The summed E-state index contributed by atoms with van der Waals surface area (Å²) in [6.45, 7) is 5.06. The van der Waals surface area contributed by atoms with Crippen LogP contribution in [0, 0.1) is 11.8 Å². The van der Waals surface area contributed by atoms with Gasteiger partial charge in [-0.25, -0.2) is 0 Å². The summed E-state index contributed by atoms with van der Waals surface area (Å²) in [5.74, 6) is -8.11. The van der Waals surface area contributed by atoms with Crippen molar-refractivity contribution in [2.45, 2.75) is 88.9 Å². The second-order valence-corrected chi connectivity index (χ2v) is 6.90. The summed E-state index contributed by atoms with van der Waals surface area (Å²) in [6, 6.07) is 0. The van der Waals surface area contributed by atoms with E-state index in [1.165, 1.54) is 48.3 Å². The van der Waals surface area contributed by atoms with Gasteiger partial charge >= 0.3 is 23.9 Å². The average Bonchev–Trinajstić information content (AvgIpc) is 2.75. The van der Waals surface area contributed by atoms with E-state index in [0.29, 0.717) is 0 Å². The molecule has 0 aromatic rings. The molecule has 0 heterocycles. The van der Waals surface area contributed by atoms with Gasteiger partial charge in [0, 0.05) is 20.6 Å². The molecule has 3 N–H and O–H groups in total. The summed E-state index contributed by atoms with van der Waals surface area (Å²) in [5.41, 5.74) is -3.09. The largest absolute Gasteiger partial charge is 0.481 e. The highest BCUT2D eigenvalue weighted by Crippen LogP contribution is 2.27. The van der Waals surface area contributed by atoms with Crippen molar-refractivity contribution in [2.24, 2.45) is 11.8 Å². The van der Waals surface area contributed by atoms with Gasteiger partial charge in [0.05, 0.1) is 20.0 Å². The van der Waals surface area contributed by atoms with Gasteiger partial charge in [-0.2, -0.15) is 0 Å². The Morgan fingerprint density at radius 2 is 0.923 bits per heavy atom. The Morgan fingerprint density at radius 1 is 0.667 bits per heavy atom. The predicted molar refractivity (Wildman–Crippen MR) is 156 cm³/mol. The number of hydrogen-bond acceptors (Lipinski definition) is 9. The SMILES string of the molecule is C.C.C.C.C.CCl.COC(=O)C(CC(=O)O)C(C)(OC)C(C)=O.COC(C)(C(C)=O)C(CC(=O)O)C(=O)O.Cl. The van der Waals surface area contributed by atoms with Crippen LogP contribution in [0.5, 0.6) is 0 Å². The molecule has 0 amide bonds. The lowest BCUT2D eigenvalue weighted by Crippen LogP contribution is -2.48. The Labute approximate surface area is 246 Å². The maximum Gasteiger partial charge on any atom is 0.312 e. The van der Waals surface area contributed by atoms with Gasteiger partial charge in [-0.1, -0.05) is 37.1 Å². The molecule has 12 nitrogen and oxygen atoms in total. The molecule has 0 aliphatic heterocycles.